The van der Waals surface area contributed by atoms with E-state index in [0.717, 1.165) is 0 Å². The molecule has 9 nitrogen and oxygen atoms in total. The first-order chi connectivity index (χ1) is 10.9. The smallest absolute Gasteiger partial charge is 0.237 e. The van der Waals surface area contributed by atoms with Crippen LogP contribution in [0.3, 0.4) is 0 Å². The maximum Gasteiger partial charge on any atom is 0.237 e. The number of likely N-dealkylation sites (tertiary alicyclic amines) is 2. The normalized spacial score (nSPS) is 25.0. The van der Waals surface area contributed by atoms with Crippen LogP contribution in [0.4, 0.5) is 0 Å². The SMILES string of the molecule is CCN1CC(S(=O)(=O)Cl)CC1=O.CCN1CC(S(N)(=O)=O)CC1=O. The van der Waals surface area contributed by atoms with Crippen molar-refractivity contribution in [1.29, 1.82) is 0 Å². The van der Waals surface area contributed by atoms with Gasteiger partial charge in [-0.25, -0.2) is 22.0 Å². The molecule has 0 saturated carbocycles. The second-order valence-corrected chi connectivity index (χ2v) is 10.3. The molecule has 24 heavy (non-hydrogen) atoms. The van der Waals surface area contributed by atoms with Gasteiger partial charge in [-0.2, -0.15) is 0 Å². The van der Waals surface area contributed by atoms with Gasteiger partial charge in [0.05, 0.1) is 0 Å². The third-order valence-corrected chi connectivity index (χ3v) is 7.10. The highest BCUT2D eigenvalue weighted by molar-refractivity contribution is 8.14. The minimum Gasteiger partial charge on any atom is -0.342 e. The Morgan fingerprint density at radius 3 is 1.54 bits per heavy atom. The van der Waals surface area contributed by atoms with Crippen molar-refractivity contribution in [1.82, 2.24) is 9.80 Å². The zero-order valence-electron chi connectivity index (χ0n) is 13.5. The average molecular weight is 404 g/mol. The van der Waals surface area contributed by atoms with E-state index in [1.165, 1.54) is 9.80 Å². The zero-order chi connectivity index (χ0) is 18.7. The molecule has 0 radical (unpaired) electrons. The Kier molecular flexibility index (Phi) is 7.03. The lowest BCUT2D eigenvalue weighted by molar-refractivity contribution is -0.128. The Morgan fingerprint density at radius 1 is 0.958 bits per heavy atom. The van der Waals surface area contributed by atoms with Crippen molar-refractivity contribution in [3.63, 3.8) is 0 Å². The summed E-state index contributed by atoms with van der Waals surface area (Å²) in [4.78, 5) is 25.1. The van der Waals surface area contributed by atoms with Crippen molar-refractivity contribution in [2.45, 2.75) is 37.2 Å². The lowest BCUT2D eigenvalue weighted by atomic mass is 10.4. The van der Waals surface area contributed by atoms with E-state index in [9.17, 15) is 26.4 Å². The number of nitrogens with two attached hydrogens (primary N) is 1. The van der Waals surface area contributed by atoms with Crippen molar-refractivity contribution in [3.8, 4) is 0 Å². The monoisotopic (exact) mass is 403 g/mol. The molecule has 2 heterocycles. The van der Waals surface area contributed by atoms with Crippen LogP contribution in [0.15, 0.2) is 0 Å². The average Bonchev–Trinajstić information content (AvgIpc) is 3.01. The second-order valence-electron chi connectivity index (χ2n) is 5.58. The summed E-state index contributed by atoms with van der Waals surface area (Å²) < 4.78 is 43.3. The van der Waals surface area contributed by atoms with E-state index >= 15 is 0 Å². The summed E-state index contributed by atoms with van der Waals surface area (Å²) in [5.74, 6) is -0.261. The number of halogens is 1. The van der Waals surface area contributed by atoms with Gasteiger partial charge in [0.15, 0.2) is 0 Å². The molecule has 2 saturated heterocycles. The molecule has 2 fully saturated rings. The molecular formula is C12H22ClN3O6S2. The number of hydrogen-bond acceptors (Lipinski definition) is 6. The summed E-state index contributed by atoms with van der Waals surface area (Å²) in [7, 11) is -1.99. The molecule has 2 aliphatic rings. The van der Waals surface area contributed by atoms with Gasteiger partial charge in [-0.1, -0.05) is 0 Å². The molecule has 2 N–H and O–H groups in total. The summed E-state index contributed by atoms with van der Waals surface area (Å²) in [6, 6.07) is 0. The van der Waals surface area contributed by atoms with E-state index in [0.29, 0.717) is 13.1 Å². The van der Waals surface area contributed by atoms with E-state index in [1.54, 1.807) is 6.92 Å². The first-order valence-electron chi connectivity index (χ1n) is 7.40. The van der Waals surface area contributed by atoms with E-state index in [2.05, 4.69) is 0 Å². The molecule has 0 bridgehead atoms. The largest absolute Gasteiger partial charge is 0.342 e. The quantitative estimate of drug-likeness (QED) is 0.602. The number of carbonyl (C=O) groups excluding carboxylic acids is 2. The fraction of sp³-hybridized carbons (Fsp3) is 0.833. The van der Waals surface area contributed by atoms with E-state index in [1.807, 2.05) is 6.92 Å². The standard InChI is InChI=1S/C6H10ClNO3S.C6H12N2O3S/c2*1-2-8-4-5(3-6(8)9)12(7,10)11/h5H,2-4H2,1H3;5H,2-4H2,1H3,(H2,7,10,11). The molecule has 2 amide bonds. The van der Waals surface area contributed by atoms with Crippen LogP contribution in [-0.2, 0) is 28.7 Å². The maximum absolute atomic E-state index is 11.1. The first kappa shape index (κ1) is 21.1. The van der Waals surface area contributed by atoms with Crippen molar-refractivity contribution in [2.75, 3.05) is 26.2 Å². The van der Waals surface area contributed by atoms with Gasteiger partial charge in [-0.05, 0) is 13.8 Å². The van der Waals surface area contributed by atoms with E-state index in [-0.39, 0.29) is 37.7 Å². The number of rotatable bonds is 4. The summed E-state index contributed by atoms with van der Waals surface area (Å²) in [6.07, 6.45) is 0.0619. The molecule has 2 aliphatic heterocycles. The highest BCUT2D eigenvalue weighted by Gasteiger charge is 2.36. The molecule has 0 aromatic carbocycles. The van der Waals surface area contributed by atoms with Crippen LogP contribution in [-0.4, -0.2) is 75.1 Å². The highest BCUT2D eigenvalue weighted by atomic mass is 35.7. The van der Waals surface area contributed by atoms with Gasteiger partial charge in [-0.15, -0.1) is 0 Å². The molecule has 0 aromatic rings. The van der Waals surface area contributed by atoms with Gasteiger partial charge in [-0.3, -0.25) is 9.59 Å². The molecule has 2 rings (SSSR count). The molecule has 2 unspecified atom stereocenters. The fourth-order valence-electron chi connectivity index (χ4n) is 2.49. The van der Waals surface area contributed by atoms with Crippen LogP contribution in [0.1, 0.15) is 26.7 Å². The van der Waals surface area contributed by atoms with Gasteiger partial charge in [0, 0.05) is 49.7 Å². The fourth-order valence-corrected chi connectivity index (χ4v) is 4.31. The van der Waals surface area contributed by atoms with Crippen molar-refractivity contribution >= 4 is 41.6 Å². The molecule has 0 aromatic heterocycles. The number of amides is 2. The number of nitrogens with zero attached hydrogens (tertiary/aromatic N) is 2. The second kappa shape index (κ2) is 7.98. The Morgan fingerprint density at radius 2 is 1.33 bits per heavy atom. The Bertz CT molecular complexity index is 634. The minimum atomic E-state index is -3.57. The number of carbonyl (C=O) groups is 2. The zero-order valence-corrected chi connectivity index (χ0v) is 15.9. The Labute approximate surface area is 146 Å². The first-order valence-corrected chi connectivity index (χ1v) is 11.4. The predicted molar refractivity (Wildman–Crippen MR) is 89.2 cm³/mol. The minimum absolute atomic E-state index is 0.0275. The number of hydrogen-bond donors (Lipinski definition) is 1. The van der Waals surface area contributed by atoms with Crippen LogP contribution < -0.4 is 5.14 Å². The van der Waals surface area contributed by atoms with Crippen LogP contribution >= 0.6 is 10.7 Å². The van der Waals surface area contributed by atoms with Crippen LogP contribution in [0, 0.1) is 0 Å². The van der Waals surface area contributed by atoms with Crippen molar-refractivity contribution in [2.24, 2.45) is 5.14 Å². The molecule has 0 spiro atoms. The maximum atomic E-state index is 11.1. The summed E-state index contributed by atoms with van der Waals surface area (Å²) in [5.41, 5.74) is 0. The molecule has 0 aliphatic carbocycles. The Balaban J connectivity index is 0.000000240. The number of sulfonamides is 1. The lowest BCUT2D eigenvalue weighted by Gasteiger charge is -2.12. The summed E-state index contributed by atoms with van der Waals surface area (Å²) in [5, 5.41) is 3.49. The molecule has 2 atom stereocenters. The third kappa shape index (κ3) is 5.57. The Hall–Kier alpha value is -0.910. The third-order valence-electron chi connectivity index (χ3n) is 3.98. The van der Waals surface area contributed by atoms with Crippen molar-refractivity contribution in [3.05, 3.63) is 0 Å². The van der Waals surface area contributed by atoms with Gasteiger partial charge in [0.25, 0.3) is 0 Å². The molecular weight excluding hydrogens is 382 g/mol. The van der Waals surface area contributed by atoms with Gasteiger partial charge in [0.2, 0.25) is 30.9 Å². The lowest BCUT2D eigenvalue weighted by Crippen LogP contribution is -2.31. The van der Waals surface area contributed by atoms with Crippen LogP contribution in [0.25, 0.3) is 0 Å². The van der Waals surface area contributed by atoms with E-state index in [4.69, 9.17) is 15.8 Å². The van der Waals surface area contributed by atoms with Crippen LogP contribution in [0.5, 0.6) is 0 Å². The molecule has 12 heteroatoms. The van der Waals surface area contributed by atoms with Crippen LogP contribution in [0.2, 0.25) is 0 Å². The van der Waals surface area contributed by atoms with Crippen molar-refractivity contribution < 1.29 is 26.4 Å². The van der Waals surface area contributed by atoms with Gasteiger partial charge in [0.1, 0.15) is 10.5 Å². The predicted octanol–water partition coefficient (Wildman–Crippen LogP) is -0.928. The van der Waals surface area contributed by atoms with Gasteiger partial charge < -0.3 is 9.80 Å². The molecule has 140 valence electrons. The van der Waals surface area contributed by atoms with E-state index < -0.39 is 29.6 Å². The topological polar surface area (TPSA) is 135 Å². The number of primary sulfonamides is 1. The summed E-state index contributed by atoms with van der Waals surface area (Å²) in [6.45, 7) is 5.19. The highest BCUT2D eigenvalue weighted by Crippen LogP contribution is 2.20. The van der Waals surface area contributed by atoms with Gasteiger partial charge >= 0.3 is 0 Å². The summed E-state index contributed by atoms with van der Waals surface area (Å²) >= 11 is 0.